The van der Waals surface area contributed by atoms with E-state index in [0.29, 0.717) is 17.9 Å². The van der Waals surface area contributed by atoms with Crippen LogP contribution in [0.25, 0.3) is 0 Å². The van der Waals surface area contributed by atoms with Gasteiger partial charge in [0.05, 0.1) is 13.2 Å². The maximum absolute atomic E-state index is 11.6. The van der Waals surface area contributed by atoms with E-state index in [1.165, 1.54) is 6.92 Å². The maximum atomic E-state index is 11.6. The molecule has 1 unspecified atom stereocenters. The molecule has 0 bridgehead atoms. The second-order valence-electron chi connectivity index (χ2n) is 3.75. The zero-order valence-electron chi connectivity index (χ0n) is 10.4. The van der Waals surface area contributed by atoms with Gasteiger partial charge in [-0.3, -0.25) is 0 Å². The molecule has 0 aliphatic carbocycles. The van der Waals surface area contributed by atoms with Gasteiger partial charge in [0, 0.05) is 0 Å². The molecule has 4 nitrogen and oxygen atoms in total. The minimum Gasteiger partial charge on any atom is -0.494 e. The van der Waals surface area contributed by atoms with E-state index in [4.69, 9.17) is 9.47 Å². The molecule has 0 aliphatic rings. The number of benzene rings is 1. The molecule has 1 N–H and O–H groups in total. The number of carbonyl (C=O) groups is 1. The highest BCUT2D eigenvalue weighted by molar-refractivity contribution is 5.80. The molecule has 1 atom stereocenters. The van der Waals surface area contributed by atoms with Crippen molar-refractivity contribution in [2.24, 2.45) is 0 Å². The Morgan fingerprint density at radius 1 is 1.24 bits per heavy atom. The lowest BCUT2D eigenvalue weighted by Crippen LogP contribution is -2.34. The van der Waals surface area contributed by atoms with Gasteiger partial charge in [0.15, 0.2) is 5.60 Å². The van der Waals surface area contributed by atoms with Gasteiger partial charge < -0.3 is 14.6 Å². The van der Waals surface area contributed by atoms with Crippen molar-refractivity contribution < 1.29 is 19.4 Å². The van der Waals surface area contributed by atoms with E-state index in [2.05, 4.69) is 0 Å². The third-order valence-electron chi connectivity index (χ3n) is 2.40. The lowest BCUT2D eigenvalue weighted by atomic mass is 9.96. The topological polar surface area (TPSA) is 55.8 Å². The van der Waals surface area contributed by atoms with E-state index in [-0.39, 0.29) is 6.61 Å². The fourth-order valence-corrected chi connectivity index (χ4v) is 1.43. The van der Waals surface area contributed by atoms with E-state index < -0.39 is 11.6 Å². The highest BCUT2D eigenvalue weighted by atomic mass is 16.5. The predicted molar refractivity (Wildman–Crippen MR) is 63.8 cm³/mol. The molecule has 94 valence electrons. The summed E-state index contributed by atoms with van der Waals surface area (Å²) in [6, 6.07) is 6.74. The van der Waals surface area contributed by atoms with E-state index >= 15 is 0 Å². The van der Waals surface area contributed by atoms with Gasteiger partial charge in [-0.15, -0.1) is 0 Å². The van der Waals surface area contributed by atoms with Crippen LogP contribution in [0.4, 0.5) is 0 Å². The molecule has 17 heavy (non-hydrogen) atoms. The van der Waals surface area contributed by atoms with Crippen LogP contribution >= 0.6 is 0 Å². The number of hydrogen-bond donors (Lipinski definition) is 1. The Hall–Kier alpha value is -1.55. The van der Waals surface area contributed by atoms with Gasteiger partial charge in [0.2, 0.25) is 0 Å². The standard InChI is InChI=1S/C13H18O4/c1-4-16-11-8-6-10(7-9-11)13(3,15)12(14)17-5-2/h6-9,15H,4-5H2,1-3H3. The summed E-state index contributed by atoms with van der Waals surface area (Å²) in [7, 11) is 0. The number of rotatable bonds is 5. The molecule has 0 heterocycles. The zero-order chi connectivity index (χ0) is 12.9. The summed E-state index contributed by atoms with van der Waals surface area (Å²) in [5.74, 6) is 0.0556. The summed E-state index contributed by atoms with van der Waals surface area (Å²) < 4.78 is 10.1. The average molecular weight is 238 g/mol. The van der Waals surface area contributed by atoms with Gasteiger partial charge in [-0.05, 0) is 38.5 Å². The Kier molecular flexibility index (Phi) is 4.52. The van der Waals surface area contributed by atoms with Gasteiger partial charge >= 0.3 is 5.97 Å². The molecule has 1 aromatic rings. The van der Waals surface area contributed by atoms with Crippen molar-refractivity contribution in [3.63, 3.8) is 0 Å². The molecule has 0 aromatic heterocycles. The molecular weight excluding hydrogens is 220 g/mol. The normalized spacial score (nSPS) is 13.9. The molecule has 0 amide bonds. The second kappa shape index (κ2) is 5.68. The monoisotopic (exact) mass is 238 g/mol. The van der Waals surface area contributed by atoms with Crippen LogP contribution in [0.3, 0.4) is 0 Å². The van der Waals surface area contributed by atoms with Gasteiger partial charge in [-0.2, -0.15) is 0 Å². The van der Waals surface area contributed by atoms with Crippen LogP contribution in [0.1, 0.15) is 26.3 Å². The first-order valence-corrected chi connectivity index (χ1v) is 5.65. The smallest absolute Gasteiger partial charge is 0.342 e. The van der Waals surface area contributed by atoms with Crippen LogP contribution in [-0.2, 0) is 15.1 Å². The highest BCUT2D eigenvalue weighted by Gasteiger charge is 2.33. The number of aliphatic hydroxyl groups is 1. The molecule has 4 heteroatoms. The lowest BCUT2D eigenvalue weighted by molar-refractivity contribution is -0.164. The minimum atomic E-state index is -1.62. The first-order chi connectivity index (χ1) is 8.02. The first kappa shape index (κ1) is 13.5. The van der Waals surface area contributed by atoms with Crippen molar-refractivity contribution in [2.75, 3.05) is 13.2 Å². The summed E-state index contributed by atoms with van der Waals surface area (Å²) >= 11 is 0. The van der Waals surface area contributed by atoms with E-state index in [0.717, 1.165) is 0 Å². The van der Waals surface area contributed by atoms with Gasteiger partial charge in [0.1, 0.15) is 5.75 Å². The summed E-state index contributed by atoms with van der Waals surface area (Å²) in [6.45, 7) is 5.83. The molecule has 0 radical (unpaired) electrons. The van der Waals surface area contributed by atoms with E-state index in [1.54, 1.807) is 31.2 Å². The minimum absolute atomic E-state index is 0.242. The lowest BCUT2D eigenvalue weighted by Gasteiger charge is -2.21. The van der Waals surface area contributed by atoms with Gasteiger partial charge in [-0.1, -0.05) is 12.1 Å². The van der Waals surface area contributed by atoms with E-state index in [1.807, 2.05) is 6.92 Å². The second-order valence-corrected chi connectivity index (χ2v) is 3.75. The average Bonchev–Trinajstić information content (AvgIpc) is 2.30. The predicted octanol–water partition coefficient (Wildman–Crippen LogP) is 1.86. The fraction of sp³-hybridized carbons (Fsp3) is 0.462. The number of carbonyl (C=O) groups excluding carboxylic acids is 1. The summed E-state index contributed by atoms with van der Waals surface area (Å²) in [4.78, 5) is 11.6. The van der Waals surface area contributed by atoms with Crippen LogP contribution in [0.15, 0.2) is 24.3 Å². The van der Waals surface area contributed by atoms with Crippen LogP contribution < -0.4 is 4.74 Å². The van der Waals surface area contributed by atoms with Gasteiger partial charge in [0.25, 0.3) is 0 Å². The Balaban J connectivity index is 2.87. The zero-order valence-corrected chi connectivity index (χ0v) is 10.4. The first-order valence-electron chi connectivity index (χ1n) is 5.65. The maximum Gasteiger partial charge on any atom is 0.342 e. The molecule has 0 aliphatic heterocycles. The Bertz CT molecular complexity index is 368. The van der Waals surface area contributed by atoms with Crippen molar-refractivity contribution in [3.8, 4) is 5.75 Å². The highest BCUT2D eigenvalue weighted by Crippen LogP contribution is 2.24. The van der Waals surface area contributed by atoms with Crippen molar-refractivity contribution in [1.82, 2.24) is 0 Å². The molecular formula is C13H18O4. The van der Waals surface area contributed by atoms with Crippen LogP contribution in [0.2, 0.25) is 0 Å². The fourth-order valence-electron chi connectivity index (χ4n) is 1.43. The van der Waals surface area contributed by atoms with Gasteiger partial charge in [-0.25, -0.2) is 4.79 Å². The van der Waals surface area contributed by atoms with E-state index in [9.17, 15) is 9.90 Å². The number of esters is 1. The molecule has 0 saturated carbocycles. The van der Waals surface area contributed by atoms with Crippen LogP contribution in [0, 0.1) is 0 Å². The van der Waals surface area contributed by atoms with Crippen LogP contribution in [-0.4, -0.2) is 24.3 Å². The number of ether oxygens (including phenoxy) is 2. The Morgan fingerprint density at radius 3 is 2.29 bits per heavy atom. The summed E-state index contributed by atoms with van der Waals surface area (Å²) in [5.41, 5.74) is -1.14. The van der Waals surface area contributed by atoms with Crippen molar-refractivity contribution in [2.45, 2.75) is 26.4 Å². The molecule has 1 rings (SSSR count). The van der Waals surface area contributed by atoms with Crippen molar-refractivity contribution >= 4 is 5.97 Å². The molecule has 0 spiro atoms. The quantitative estimate of drug-likeness (QED) is 0.795. The third-order valence-corrected chi connectivity index (χ3v) is 2.40. The molecule has 0 saturated heterocycles. The largest absolute Gasteiger partial charge is 0.494 e. The van der Waals surface area contributed by atoms with Crippen LogP contribution in [0.5, 0.6) is 5.75 Å². The Morgan fingerprint density at radius 2 is 1.82 bits per heavy atom. The summed E-state index contributed by atoms with van der Waals surface area (Å²) in [6.07, 6.45) is 0. The number of hydrogen-bond acceptors (Lipinski definition) is 4. The van der Waals surface area contributed by atoms with Crippen molar-refractivity contribution in [3.05, 3.63) is 29.8 Å². The molecule has 0 fully saturated rings. The van der Waals surface area contributed by atoms with Crippen molar-refractivity contribution in [1.29, 1.82) is 0 Å². The third kappa shape index (κ3) is 3.20. The molecule has 1 aromatic carbocycles. The SMILES string of the molecule is CCOC(=O)C(C)(O)c1ccc(OCC)cc1. The summed E-state index contributed by atoms with van der Waals surface area (Å²) in [5, 5.41) is 10.1. The Labute approximate surface area is 101 Å².